The van der Waals surface area contributed by atoms with Gasteiger partial charge >= 0.3 is 0 Å². The molecule has 15 heavy (non-hydrogen) atoms. The summed E-state index contributed by atoms with van der Waals surface area (Å²) in [5.74, 6) is 0.713. The molecule has 0 unspecified atom stereocenters. The second-order valence-corrected chi connectivity index (χ2v) is 3.25. The monoisotopic (exact) mass is 205 g/mol. The van der Waals surface area contributed by atoms with Crippen LogP contribution < -0.4 is 16.2 Å². The van der Waals surface area contributed by atoms with E-state index < -0.39 is 0 Å². The van der Waals surface area contributed by atoms with E-state index in [-0.39, 0.29) is 6.04 Å². The Morgan fingerprint density at radius 1 is 1.53 bits per heavy atom. The van der Waals surface area contributed by atoms with Crippen LogP contribution in [0.5, 0.6) is 5.75 Å². The molecule has 0 saturated heterocycles. The Morgan fingerprint density at radius 2 is 2.27 bits per heavy atom. The molecule has 0 spiro atoms. The van der Waals surface area contributed by atoms with Crippen LogP contribution in [0.4, 0.5) is 0 Å². The van der Waals surface area contributed by atoms with Crippen molar-refractivity contribution in [2.45, 2.75) is 12.5 Å². The van der Waals surface area contributed by atoms with Crippen molar-refractivity contribution in [2.24, 2.45) is 11.5 Å². The summed E-state index contributed by atoms with van der Waals surface area (Å²) in [4.78, 5) is 0. The molecule has 1 aromatic carbocycles. The lowest BCUT2D eigenvalue weighted by atomic mass is 10.0. The van der Waals surface area contributed by atoms with E-state index in [9.17, 15) is 0 Å². The van der Waals surface area contributed by atoms with Crippen LogP contribution in [0.3, 0.4) is 0 Å². The van der Waals surface area contributed by atoms with Gasteiger partial charge in [0, 0.05) is 18.2 Å². The summed E-state index contributed by atoms with van der Waals surface area (Å²) in [7, 11) is 1.58. The van der Waals surface area contributed by atoms with Gasteiger partial charge < -0.3 is 16.2 Å². The van der Waals surface area contributed by atoms with Crippen LogP contribution >= 0.6 is 0 Å². The molecule has 0 heterocycles. The minimum Gasteiger partial charge on any atom is -0.496 e. The second-order valence-electron chi connectivity index (χ2n) is 3.25. The highest BCUT2D eigenvalue weighted by molar-refractivity contribution is 5.39. The second kappa shape index (κ2) is 5.35. The third kappa shape index (κ3) is 2.69. The fourth-order valence-electron chi connectivity index (χ4n) is 1.39. The first-order valence-corrected chi connectivity index (χ1v) is 4.72. The van der Waals surface area contributed by atoms with E-state index in [4.69, 9.17) is 21.5 Å². The zero-order chi connectivity index (χ0) is 11.3. The fraction of sp³-hybridized carbons (Fsp3) is 0.364. The van der Waals surface area contributed by atoms with Crippen molar-refractivity contribution in [1.29, 1.82) is 5.26 Å². The maximum Gasteiger partial charge on any atom is 0.123 e. The molecule has 0 fully saturated rings. The number of hydrogen-bond donors (Lipinski definition) is 2. The number of methoxy groups -OCH3 is 1. The maximum atomic E-state index is 8.66. The third-order valence-corrected chi connectivity index (χ3v) is 2.26. The Labute approximate surface area is 89.4 Å². The van der Waals surface area contributed by atoms with Crippen LogP contribution in [0.15, 0.2) is 18.2 Å². The Bertz CT molecular complexity index is 371. The summed E-state index contributed by atoms with van der Waals surface area (Å²) < 4.78 is 5.14. The van der Waals surface area contributed by atoms with Crippen molar-refractivity contribution in [3.05, 3.63) is 29.3 Å². The van der Waals surface area contributed by atoms with Gasteiger partial charge in [0.2, 0.25) is 0 Å². The summed E-state index contributed by atoms with van der Waals surface area (Å²) in [5.41, 5.74) is 13.1. The molecule has 1 atom stereocenters. The average molecular weight is 205 g/mol. The van der Waals surface area contributed by atoms with E-state index in [1.807, 2.05) is 18.2 Å². The van der Waals surface area contributed by atoms with Gasteiger partial charge in [0.25, 0.3) is 0 Å². The number of hydrogen-bond acceptors (Lipinski definition) is 4. The number of benzene rings is 1. The van der Waals surface area contributed by atoms with E-state index in [1.54, 1.807) is 7.11 Å². The van der Waals surface area contributed by atoms with Gasteiger partial charge in [0.05, 0.1) is 19.6 Å². The molecule has 1 rings (SSSR count). The normalized spacial score (nSPS) is 11.9. The van der Waals surface area contributed by atoms with Crippen molar-refractivity contribution < 1.29 is 4.74 Å². The highest BCUT2D eigenvalue weighted by Gasteiger charge is 2.08. The van der Waals surface area contributed by atoms with E-state index in [0.717, 1.165) is 11.1 Å². The SMILES string of the molecule is COc1ccc([C@@H](N)CN)cc1CC#N. The number of nitrogens with zero attached hydrogens (tertiary/aromatic N) is 1. The highest BCUT2D eigenvalue weighted by atomic mass is 16.5. The molecule has 4 heteroatoms. The minimum atomic E-state index is -0.187. The van der Waals surface area contributed by atoms with E-state index >= 15 is 0 Å². The van der Waals surface area contributed by atoms with Crippen LogP contribution in [0.25, 0.3) is 0 Å². The number of rotatable bonds is 4. The van der Waals surface area contributed by atoms with Gasteiger partial charge in [-0.2, -0.15) is 5.26 Å². The first-order valence-electron chi connectivity index (χ1n) is 4.72. The number of ether oxygens (including phenoxy) is 1. The van der Waals surface area contributed by atoms with Crippen LogP contribution in [-0.4, -0.2) is 13.7 Å². The quantitative estimate of drug-likeness (QED) is 0.758. The molecular formula is C11H15N3O. The predicted octanol–water partition coefficient (Wildman–Crippen LogP) is 0.720. The molecule has 4 N–H and O–H groups in total. The van der Waals surface area contributed by atoms with Crippen LogP contribution in [0.2, 0.25) is 0 Å². The average Bonchev–Trinajstić information content (AvgIpc) is 2.28. The van der Waals surface area contributed by atoms with Gasteiger partial charge in [-0.3, -0.25) is 0 Å². The zero-order valence-electron chi connectivity index (χ0n) is 8.73. The van der Waals surface area contributed by atoms with E-state index in [1.165, 1.54) is 0 Å². The van der Waals surface area contributed by atoms with Gasteiger partial charge in [-0.15, -0.1) is 0 Å². The van der Waals surface area contributed by atoms with Gasteiger partial charge in [-0.05, 0) is 17.7 Å². The summed E-state index contributed by atoms with van der Waals surface area (Å²) in [6.45, 7) is 0.387. The molecule has 0 aliphatic carbocycles. The van der Waals surface area contributed by atoms with Crippen LogP contribution in [0.1, 0.15) is 17.2 Å². The van der Waals surface area contributed by atoms with Gasteiger partial charge in [-0.1, -0.05) is 6.07 Å². The fourth-order valence-corrected chi connectivity index (χ4v) is 1.39. The maximum absolute atomic E-state index is 8.66. The zero-order valence-corrected chi connectivity index (χ0v) is 8.73. The first kappa shape index (κ1) is 11.5. The Balaban J connectivity index is 3.05. The molecule has 0 amide bonds. The van der Waals surface area contributed by atoms with Crippen LogP contribution in [0, 0.1) is 11.3 Å². The molecular weight excluding hydrogens is 190 g/mol. The molecule has 0 bridgehead atoms. The molecule has 4 nitrogen and oxygen atoms in total. The molecule has 0 aliphatic heterocycles. The Morgan fingerprint density at radius 3 is 2.80 bits per heavy atom. The standard InChI is InChI=1S/C11H15N3O/c1-15-11-3-2-8(10(14)7-13)6-9(11)4-5-12/h2-3,6,10H,4,7,13-14H2,1H3/t10-/m0/s1. The number of nitriles is 1. The molecule has 80 valence electrons. The lowest BCUT2D eigenvalue weighted by Crippen LogP contribution is -2.20. The number of nitrogens with two attached hydrogens (primary N) is 2. The van der Waals surface area contributed by atoms with Gasteiger partial charge in [-0.25, -0.2) is 0 Å². The molecule has 0 saturated carbocycles. The topological polar surface area (TPSA) is 85.1 Å². The molecule has 0 aliphatic rings. The summed E-state index contributed by atoms with van der Waals surface area (Å²) in [6, 6.07) is 7.47. The van der Waals surface area contributed by atoms with E-state index in [0.29, 0.717) is 18.7 Å². The molecule has 1 aromatic rings. The lowest BCUT2D eigenvalue weighted by molar-refractivity contribution is 0.410. The first-order chi connectivity index (χ1) is 7.22. The van der Waals surface area contributed by atoms with Crippen molar-refractivity contribution in [1.82, 2.24) is 0 Å². The van der Waals surface area contributed by atoms with E-state index in [2.05, 4.69) is 6.07 Å². The Kier molecular flexibility index (Phi) is 4.10. The largest absolute Gasteiger partial charge is 0.496 e. The van der Waals surface area contributed by atoms with Gasteiger partial charge in [0.15, 0.2) is 0 Å². The van der Waals surface area contributed by atoms with Crippen molar-refractivity contribution in [3.8, 4) is 11.8 Å². The van der Waals surface area contributed by atoms with Crippen molar-refractivity contribution in [3.63, 3.8) is 0 Å². The molecule has 0 radical (unpaired) electrons. The summed E-state index contributed by atoms with van der Waals surface area (Å²) in [6.07, 6.45) is 0.314. The smallest absolute Gasteiger partial charge is 0.123 e. The van der Waals surface area contributed by atoms with Gasteiger partial charge in [0.1, 0.15) is 5.75 Å². The Hall–Kier alpha value is -1.57. The predicted molar refractivity (Wildman–Crippen MR) is 58.3 cm³/mol. The minimum absolute atomic E-state index is 0.187. The highest BCUT2D eigenvalue weighted by Crippen LogP contribution is 2.22. The lowest BCUT2D eigenvalue weighted by Gasteiger charge is -2.12. The van der Waals surface area contributed by atoms with Crippen molar-refractivity contribution in [2.75, 3.05) is 13.7 Å². The third-order valence-electron chi connectivity index (χ3n) is 2.26. The van der Waals surface area contributed by atoms with Crippen molar-refractivity contribution >= 4 is 0 Å². The van der Waals surface area contributed by atoms with Crippen LogP contribution in [-0.2, 0) is 6.42 Å². The summed E-state index contributed by atoms with van der Waals surface area (Å²) in [5, 5.41) is 8.66. The molecule has 0 aromatic heterocycles. The summed E-state index contributed by atoms with van der Waals surface area (Å²) >= 11 is 0.